The molecule has 0 fully saturated rings. The third kappa shape index (κ3) is 5.89. The summed E-state index contributed by atoms with van der Waals surface area (Å²) in [5, 5.41) is 0. The standard InChI is InChI=1S/C34H27N.C12H15N/c1-25(35(2)29-15-7-4-8-16-29)26-21-23-28(24-22-26)34(27-13-5-3-6-14-27)32-19-11-9-17-30(32)31-18-10-12-20-33(31)34;1-3-6-10-8-5-9-11(7-4-2)12(10)13/h3-24H,1H2,2H3;3-9H,13H2,1-2H3/b;6-3-,7-4+. The van der Waals surface area contributed by atoms with Crippen molar-refractivity contribution in [2.75, 3.05) is 17.7 Å². The zero-order valence-electron chi connectivity index (χ0n) is 28.0. The maximum Gasteiger partial charge on any atom is 0.0713 e. The van der Waals surface area contributed by atoms with Crippen molar-refractivity contribution in [1.82, 2.24) is 0 Å². The van der Waals surface area contributed by atoms with Crippen LogP contribution in [0.3, 0.4) is 0 Å². The van der Waals surface area contributed by atoms with E-state index in [1.165, 1.54) is 33.4 Å². The number of nitrogen functional groups attached to an aromatic ring is 1. The van der Waals surface area contributed by atoms with E-state index in [-0.39, 0.29) is 5.41 Å². The number of hydrogen-bond acceptors (Lipinski definition) is 2. The Balaban J connectivity index is 0.000000261. The second-order valence-electron chi connectivity index (χ2n) is 12.0. The highest BCUT2D eigenvalue weighted by molar-refractivity contribution is 5.86. The summed E-state index contributed by atoms with van der Waals surface area (Å²) < 4.78 is 0. The summed E-state index contributed by atoms with van der Waals surface area (Å²) in [5.41, 5.74) is 19.6. The summed E-state index contributed by atoms with van der Waals surface area (Å²) in [6, 6.07) is 54.0. The molecular weight excluding hydrogens is 581 g/mol. The van der Waals surface area contributed by atoms with Crippen LogP contribution in [-0.4, -0.2) is 7.05 Å². The molecule has 1 aliphatic carbocycles. The van der Waals surface area contributed by atoms with Gasteiger partial charge in [-0.15, -0.1) is 0 Å². The maximum atomic E-state index is 5.95. The van der Waals surface area contributed by atoms with Gasteiger partial charge in [-0.05, 0) is 76.1 Å². The number of benzene rings is 6. The third-order valence-electron chi connectivity index (χ3n) is 9.22. The monoisotopic (exact) mass is 622 g/mol. The number of para-hydroxylation sites is 2. The SMILES string of the molecule is C/C=C\c1cccc(/C=C/C)c1N.C=C(c1ccc(C2(c3ccccc3)c3ccccc3-c3ccccc32)cc1)N(C)c1ccccc1. The number of nitrogens with zero attached hydrogens (tertiary/aromatic N) is 1. The quantitative estimate of drug-likeness (QED) is 0.179. The normalized spacial score (nSPS) is 12.6. The molecule has 2 heteroatoms. The average Bonchev–Trinajstić information content (AvgIpc) is 3.45. The van der Waals surface area contributed by atoms with Crippen molar-refractivity contribution in [1.29, 1.82) is 0 Å². The minimum atomic E-state index is -0.361. The van der Waals surface area contributed by atoms with Gasteiger partial charge >= 0.3 is 0 Å². The van der Waals surface area contributed by atoms with Crippen molar-refractivity contribution < 1.29 is 0 Å². The van der Waals surface area contributed by atoms with E-state index in [9.17, 15) is 0 Å². The van der Waals surface area contributed by atoms with Crippen LogP contribution >= 0.6 is 0 Å². The molecule has 0 aromatic heterocycles. The van der Waals surface area contributed by atoms with Gasteiger partial charge in [0.05, 0.1) is 5.41 Å². The summed E-state index contributed by atoms with van der Waals surface area (Å²) in [6.45, 7) is 8.38. The highest BCUT2D eigenvalue weighted by atomic mass is 15.1. The Morgan fingerprint density at radius 2 is 1.02 bits per heavy atom. The number of rotatable bonds is 7. The van der Waals surface area contributed by atoms with Crippen LogP contribution in [0.5, 0.6) is 0 Å². The molecule has 0 atom stereocenters. The van der Waals surface area contributed by atoms with Gasteiger partial charge < -0.3 is 10.6 Å². The molecular formula is C46H42N2. The molecule has 0 aliphatic heterocycles. The van der Waals surface area contributed by atoms with Gasteiger partial charge in [-0.25, -0.2) is 0 Å². The van der Waals surface area contributed by atoms with Gasteiger partial charge in [0.25, 0.3) is 0 Å². The molecule has 2 nitrogen and oxygen atoms in total. The van der Waals surface area contributed by atoms with E-state index in [1.807, 2.05) is 62.4 Å². The predicted molar refractivity (Wildman–Crippen MR) is 208 cm³/mol. The van der Waals surface area contributed by atoms with Crippen molar-refractivity contribution in [3.63, 3.8) is 0 Å². The first-order valence-electron chi connectivity index (χ1n) is 16.5. The molecule has 0 saturated heterocycles. The molecule has 1 aliphatic rings. The van der Waals surface area contributed by atoms with E-state index in [2.05, 4.69) is 146 Å². The first-order chi connectivity index (χ1) is 23.5. The van der Waals surface area contributed by atoms with E-state index in [0.29, 0.717) is 0 Å². The molecule has 0 radical (unpaired) electrons. The Morgan fingerprint density at radius 1 is 0.562 bits per heavy atom. The van der Waals surface area contributed by atoms with Crippen LogP contribution in [0.4, 0.5) is 11.4 Å². The number of anilines is 2. The molecule has 0 heterocycles. The third-order valence-corrected chi connectivity index (χ3v) is 9.22. The molecule has 6 aromatic rings. The van der Waals surface area contributed by atoms with E-state index < -0.39 is 0 Å². The van der Waals surface area contributed by atoms with Gasteiger partial charge in [-0.2, -0.15) is 0 Å². The van der Waals surface area contributed by atoms with Crippen LogP contribution in [0.25, 0.3) is 29.0 Å². The Hall–Kier alpha value is -5.86. The van der Waals surface area contributed by atoms with Crippen LogP contribution in [0.2, 0.25) is 0 Å². The zero-order valence-corrected chi connectivity index (χ0v) is 28.0. The molecule has 0 bridgehead atoms. The van der Waals surface area contributed by atoms with Crippen molar-refractivity contribution in [2.24, 2.45) is 0 Å². The average molecular weight is 623 g/mol. The smallest absolute Gasteiger partial charge is 0.0713 e. The van der Waals surface area contributed by atoms with Crippen LogP contribution in [-0.2, 0) is 5.41 Å². The molecule has 2 N–H and O–H groups in total. The molecule has 236 valence electrons. The molecule has 0 amide bonds. The van der Waals surface area contributed by atoms with Crippen LogP contribution in [0.15, 0.2) is 170 Å². The lowest BCUT2D eigenvalue weighted by molar-refractivity contribution is 0.768. The van der Waals surface area contributed by atoms with Gasteiger partial charge in [-0.1, -0.05) is 170 Å². The fourth-order valence-corrected chi connectivity index (χ4v) is 6.88. The van der Waals surface area contributed by atoms with E-state index >= 15 is 0 Å². The molecule has 0 saturated carbocycles. The van der Waals surface area contributed by atoms with E-state index in [4.69, 9.17) is 5.73 Å². The fourth-order valence-electron chi connectivity index (χ4n) is 6.88. The van der Waals surface area contributed by atoms with E-state index in [0.717, 1.165) is 33.8 Å². The number of allylic oxidation sites excluding steroid dienone is 2. The van der Waals surface area contributed by atoms with Gasteiger partial charge in [0.2, 0.25) is 0 Å². The molecule has 0 unspecified atom stereocenters. The Labute approximate surface area is 285 Å². The van der Waals surface area contributed by atoms with Crippen molar-refractivity contribution in [3.05, 3.63) is 209 Å². The van der Waals surface area contributed by atoms with Crippen LogP contribution in [0, 0.1) is 0 Å². The lowest BCUT2D eigenvalue weighted by Gasteiger charge is -2.34. The first kappa shape index (κ1) is 32.1. The predicted octanol–water partition coefficient (Wildman–Crippen LogP) is 11.5. The zero-order chi connectivity index (χ0) is 33.5. The largest absolute Gasteiger partial charge is 0.398 e. The Morgan fingerprint density at radius 3 is 1.54 bits per heavy atom. The van der Waals surface area contributed by atoms with Crippen LogP contribution < -0.4 is 10.6 Å². The lowest BCUT2D eigenvalue weighted by atomic mass is 9.67. The van der Waals surface area contributed by atoms with Crippen molar-refractivity contribution in [2.45, 2.75) is 19.3 Å². The molecule has 0 spiro atoms. The van der Waals surface area contributed by atoms with Gasteiger partial charge in [-0.3, -0.25) is 0 Å². The minimum Gasteiger partial charge on any atom is -0.398 e. The lowest BCUT2D eigenvalue weighted by Crippen LogP contribution is -2.28. The summed E-state index contributed by atoms with van der Waals surface area (Å²) in [4.78, 5) is 2.14. The molecule has 6 aromatic carbocycles. The van der Waals surface area contributed by atoms with Gasteiger partial charge in [0.15, 0.2) is 0 Å². The van der Waals surface area contributed by atoms with Crippen LogP contribution in [0.1, 0.15) is 52.8 Å². The Kier molecular flexibility index (Phi) is 9.55. The van der Waals surface area contributed by atoms with Crippen molar-refractivity contribution >= 4 is 29.2 Å². The van der Waals surface area contributed by atoms with E-state index in [1.54, 1.807) is 0 Å². The van der Waals surface area contributed by atoms with Crippen molar-refractivity contribution in [3.8, 4) is 11.1 Å². The fraction of sp³-hybridized carbons (Fsp3) is 0.0870. The highest BCUT2D eigenvalue weighted by Gasteiger charge is 2.45. The second-order valence-corrected chi connectivity index (χ2v) is 12.0. The van der Waals surface area contributed by atoms with Gasteiger partial charge in [0.1, 0.15) is 0 Å². The van der Waals surface area contributed by atoms with Gasteiger partial charge in [0, 0.05) is 24.1 Å². The maximum absolute atomic E-state index is 5.95. The topological polar surface area (TPSA) is 29.3 Å². The second kappa shape index (κ2) is 14.3. The highest BCUT2D eigenvalue weighted by Crippen LogP contribution is 2.55. The molecule has 48 heavy (non-hydrogen) atoms. The number of nitrogens with two attached hydrogens (primary N) is 1. The summed E-state index contributed by atoms with van der Waals surface area (Å²) >= 11 is 0. The molecule has 7 rings (SSSR count). The number of fused-ring (bicyclic) bond motifs is 3. The Bertz CT molecular complexity index is 1990. The summed E-state index contributed by atoms with van der Waals surface area (Å²) in [5.74, 6) is 0. The number of hydrogen-bond donors (Lipinski definition) is 1. The minimum absolute atomic E-state index is 0.361. The first-order valence-corrected chi connectivity index (χ1v) is 16.5. The summed E-state index contributed by atoms with van der Waals surface area (Å²) in [6.07, 6.45) is 8.01. The summed E-state index contributed by atoms with van der Waals surface area (Å²) in [7, 11) is 2.07.